The van der Waals surface area contributed by atoms with Gasteiger partial charge in [-0.15, -0.1) is 0 Å². The Kier molecular flexibility index (Phi) is 5.41. The second-order valence-electron chi connectivity index (χ2n) is 8.43. The lowest BCUT2D eigenvalue weighted by Gasteiger charge is -2.34. The van der Waals surface area contributed by atoms with Crippen molar-refractivity contribution in [2.24, 2.45) is 17.8 Å². The first kappa shape index (κ1) is 19.6. The number of ether oxygens (including phenoxy) is 1. The minimum Gasteiger partial charge on any atom is -0.459 e. The third-order valence-electron chi connectivity index (χ3n) is 6.00. The first-order valence-corrected chi connectivity index (χ1v) is 9.85. The fraction of sp³-hybridized carbons (Fsp3) is 0.591. The van der Waals surface area contributed by atoms with Gasteiger partial charge in [-0.2, -0.15) is 0 Å². The van der Waals surface area contributed by atoms with Crippen LogP contribution in [0.25, 0.3) is 0 Å². The molecule has 1 aromatic rings. The molecule has 0 saturated carbocycles. The van der Waals surface area contributed by atoms with Gasteiger partial charge in [0.2, 0.25) is 5.91 Å². The number of aryl methyl sites for hydroxylation is 1. The molecule has 0 spiro atoms. The maximum atomic E-state index is 13.1. The molecule has 146 valence electrons. The van der Waals surface area contributed by atoms with Crippen molar-refractivity contribution in [3.05, 3.63) is 35.4 Å². The van der Waals surface area contributed by atoms with Crippen LogP contribution < -0.4 is 0 Å². The predicted octanol–water partition coefficient (Wildman–Crippen LogP) is 3.39. The number of hydrogen-bond acceptors (Lipinski definition) is 4. The smallest absolute Gasteiger partial charge is 0.319 e. The standard InChI is InChI=1S/C22H29NO4/c1-14-8-10-16(11-9-14)19(24)15(2)18-17(21(26)27-22(18,3)4)20(25)23-12-6-5-7-13-23/h8-11,15,17-18H,5-7,12-13H2,1-4H3/t15-,17-,18-/m1/s1. The van der Waals surface area contributed by atoms with E-state index < -0.39 is 29.3 Å². The summed E-state index contributed by atoms with van der Waals surface area (Å²) in [5.41, 5.74) is 0.831. The number of likely N-dealkylation sites (tertiary alicyclic amines) is 1. The van der Waals surface area contributed by atoms with Crippen LogP contribution in [0.2, 0.25) is 0 Å². The molecule has 0 aromatic heterocycles. The van der Waals surface area contributed by atoms with Crippen LogP contribution in [0.5, 0.6) is 0 Å². The fourth-order valence-electron chi connectivity index (χ4n) is 4.54. The van der Waals surface area contributed by atoms with E-state index in [-0.39, 0.29) is 11.7 Å². The molecule has 2 fully saturated rings. The van der Waals surface area contributed by atoms with E-state index in [4.69, 9.17) is 4.74 Å². The second-order valence-corrected chi connectivity index (χ2v) is 8.43. The van der Waals surface area contributed by atoms with Crippen LogP contribution in [-0.4, -0.2) is 41.3 Å². The van der Waals surface area contributed by atoms with Crippen molar-refractivity contribution in [3.8, 4) is 0 Å². The Morgan fingerprint density at radius 2 is 1.70 bits per heavy atom. The predicted molar refractivity (Wildman–Crippen MR) is 102 cm³/mol. The largest absolute Gasteiger partial charge is 0.459 e. The van der Waals surface area contributed by atoms with Gasteiger partial charge in [0.1, 0.15) is 11.5 Å². The van der Waals surface area contributed by atoms with Gasteiger partial charge in [-0.05, 0) is 40.0 Å². The summed E-state index contributed by atoms with van der Waals surface area (Å²) in [5, 5.41) is 0. The number of carbonyl (C=O) groups is 3. The quantitative estimate of drug-likeness (QED) is 0.462. The van der Waals surface area contributed by atoms with Crippen LogP contribution in [0.3, 0.4) is 0 Å². The Hall–Kier alpha value is -2.17. The van der Waals surface area contributed by atoms with Crippen molar-refractivity contribution in [3.63, 3.8) is 0 Å². The minimum atomic E-state index is -0.900. The van der Waals surface area contributed by atoms with Gasteiger partial charge in [0.05, 0.1) is 0 Å². The van der Waals surface area contributed by atoms with Gasteiger partial charge in [0.15, 0.2) is 5.78 Å². The third-order valence-corrected chi connectivity index (χ3v) is 6.00. The molecule has 3 rings (SSSR count). The molecular formula is C22H29NO4. The topological polar surface area (TPSA) is 63.7 Å². The molecule has 2 aliphatic heterocycles. The highest BCUT2D eigenvalue weighted by Gasteiger charge is 2.57. The zero-order valence-electron chi connectivity index (χ0n) is 16.7. The number of ketones is 1. The third kappa shape index (κ3) is 3.78. The monoisotopic (exact) mass is 371 g/mol. The summed E-state index contributed by atoms with van der Waals surface area (Å²) in [4.78, 5) is 40.6. The first-order chi connectivity index (χ1) is 12.7. The fourth-order valence-corrected chi connectivity index (χ4v) is 4.54. The van der Waals surface area contributed by atoms with E-state index in [9.17, 15) is 14.4 Å². The molecule has 2 aliphatic rings. The summed E-state index contributed by atoms with van der Waals surface area (Å²) >= 11 is 0. The van der Waals surface area contributed by atoms with Crippen molar-refractivity contribution < 1.29 is 19.1 Å². The van der Waals surface area contributed by atoms with E-state index >= 15 is 0 Å². The molecule has 2 heterocycles. The highest BCUT2D eigenvalue weighted by Crippen LogP contribution is 2.44. The van der Waals surface area contributed by atoms with Crippen molar-refractivity contribution >= 4 is 17.7 Å². The van der Waals surface area contributed by atoms with Gasteiger partial charge in [-0.1, -0.05) is 36.8 Å². The number of Topliss-reactive ketones (excluding diaryl/α,β-unsaturated/α-hetero) is 1. The Morgan fingerprint density at radius 1 is 1.11 bits per heavy atom. The molecule has 1 aromatic carbocycles. The highest BCUT2D eigenvalue weighted by atomic mass is 16.6. The van der Waals surface area contributed by atoms with Crippen LogP contribution in [-0.2, 0) is 14.3 Å². The maximum Gasteiger partial charge on any atom is 0.319 e. The van der Waals surface area contributed by atoms with E-state index in [0.717, 1.165) is 24.8 Å². The zero-order chi connectivity index (χ0) is 19.8. The molecule has 0 unspecified atom stereocenters. The lowest BCUT2D eigenvalue weighted by Crippen LogP contribution is -2.47. The van der Waals surface area contributed by atoms with Crippen molar-refractivity contribution in [2.75, 3.05) is 13.1 Å². The number of hydrogen-bond donors (Lipinski definition) is 0. The minimum absolute atomic E-state index is 0.0529. The van der Waals surface area contributed by atoms with E-state index in [2.05, 4.69) is 0 Å². The first-order valence-electron chi connectivity index (χ1n) is 9.85. The number of cyclic esters (lactones) is 1. The number of nitrogens with zero attached hydrogens (tertiary/aromatic N) is 1. The zero-order valence-corrected chi connectivity index (χ0v) is 16.7. The van der Waals surface area contributed by atoms with Crippen molar-refractivity contribution in [2.45, 2.75) is 52.6 Å². The Morgan fingerprint density at radius 3 is 2.30 bits per heavy atom. The van der Waals surface area contributed by atoms with Gasteiger partial charge in [0.25, 0.3) is 0 Å². The maximum absolute atomic E-state index is 13.1. The van der Waals surface area contributed by atoms with Gasteiger partial charge < -0.3 is 9.64 Å². The number of esters is 1. The molecular weight excluding hydrogens is 342 g/mol. The van der Waals surface area contributed by atoms with Crippen LogP contribution in [0, 0.1) is 24.7 Å². The van der Waals surface area contributed by atoms with Crippen LogP contribution in [0.15, 0.2) is 24.3 Å². The molecule has 2 saturated heterocycles. The highest BCUT2D eigenvalue weighted by molar-refractivity contribution is 6.03. The molecule has 5 nitrogen and oxygen atoms in total. The van der Waals surface area contributed by atoms with Crippen LogP contribution in [0.4, 0.5) is 0 Å². The van der Waals surface area contributed by atoms with Gasteiger partial charge in [-0.25, -0.2) is 0 Å². The van der Waals surface area contributed by atoms with Crippen molar-refractivity contribution in [1.29, 1.82) is 0 Å². The lowest BCUT2D eigenvalue weighted by atomic mass is 9.72. The molecule has 5 heteroatoms. The van der Waals surface area contributed by atoms with E-state index in [1.165, 1.54) is 0 Å². The summed E-state index contributed by atoms with van der Waals surface area (Å²) in [6.45, 7) is 8.74. The molecule has 1 amide bonds. The summed E-state index contributed by atoms with van der Waals surface area (Å²) in [6.07, 6.45) is 3.02. The summed E-state index contributed by atoms with van der Waals surface area (Å²) in [6, 6.07) is 7.41. The SMILES string of the molecule is Cc1ccc(C(=O)[C@H](C)[C@@H]2[C@H](C(=O)N3CCCCC3)C(=O)OC2(C)C)cc1. The Bertz CT molecular complexity index is 731. The molecule has 0 bridgehead atoms. The van der Waals surface area contributed by atoms with Gasteiger partial charge in [0, 0.05) is 30.5 Å². The molecule has 27 heavy (non-hydrogen) atoms. The Balaban J connectivity index is 1.88. The Labute approximate surface area is 161 Å². The second kappa shape index (κ2) is 7.45. The number of carbonyl (C=O) groups excluding carboxylic acids is 3. The summed E-state index contributed by atoms with van der Waals surface area (Å²) < 4.78 is 5.57. The average molecular weight is 371 g/mol. The van der Waals surface area contributed by atoms with Gasteiger partial charge in [-0.3, -0.25) is 14.4 Å². The number of amides is 1. The molecule has 0 aliphatic carbocycles. The van der Waals surface area contributed by atoms with Crippen LogP contribution >= 0.6 is 0 Å². The van der Waals surface area contributed by atoms with E-state index in [0.29, 0.717) is 18.7 Å². The average Bonchev–Trinajstić information content (AvgIpc) is 2.89. The summed E-state index contributed by atoms with van der Waals surface area (Å²) in [5.74, 6) is -2.60. The number of rotatable bonds is 4. The summed E-state index contributed by atoms with van der Waals surface area (Å²) in [7, 11) is 0. The van der Waals surface area contributed by atoms with Gasteiger partial charge >= 0.3 is 5.97 Å². The molecule has 0 N–H and O–H groups in total. The lowest BCUT2D eigenvalue weighted by molar-refractivity contribution is -0.153. The number of benzene rings is 1. The molecule has 3 atom stereocenters. The van der Waals surface area contributed by atoms with E-state index in [1.807, 2.05) is 26.0 Å². The van der Waals surface area contributed by atoms with Crippen molar-refractivity contribution in [1.82, 2.24) is 4.90 Å². The van der Waals surface area contributed by atoms with Crippen LogP contribution in [0.1, 0.15) is 56.0 Å². The van der Waals surface area contributed by atoms with E-state index in [1.54, 1.807) is 30.9 Å². The normalized spacial score (nSPS) is 25.8. The molecule has 0 radical (unpaired) electrons. The number of piperidine rings is 1.